The van der Waals surface area contributed by atoms with Crippen LogP contribution in [-0.4, -0.2) is 43.0 Å². The Balaban J connectivity index is 2.13. The number of amides is 2. The van der Waals surface area contributed by atoms with Crippen molar-refractivity contribution in [1.82, 2.24) is 10.2 Å². The van der Waals surface area contributed by atoms with E-state index in [0.29, 0.717) is 37.6 Å². The minimum absolute atomic E-state index is 0.0526. The summed E-state index contributed by atoms with van der Waals surface area (Å²) >= 11 is 0. The smallest absolute Gasteiger partial charge is 0.255 e. The molecule has 0 aromatic heterocycles. The van der Waals surface area contributed by atoms with Crippen molar-refractivity contribution in [2.75, 3.05) is 20.3 Å². The molecule has 120 valence electrons. The van der Waals surface area contributed by atoms with Crippen LogP contribution in [-0.2, 0) is 16.1 Å². The first-order valence-electron chi connectivity index (χ1n) is 7.70. The Kier molecular flexibility index (Phi) is 5.55. The number of hydrogen-bond donors (Lipinski definition) is 1. The minimum atomic E-state index is -0.434. The van der Waals surface area contributed by atoms with Crippen LogP contribution in [0.3, 0.4) is 0 Å². The number of nitrogens with one attached hydrogen (secondary N) is 1. The predicted octanol–water partition coefficient (Wildman–Crippen LogP) is 1.82. The van der Waals surface area contributed by atoms with Crippen LogP contribution in [0.15, 0.2) is 24.3 Å². The molecule has 2 rings (SSSR count). The molecule has 1 heterocycles. The van der Waals surface area contributed by atoms with Gasteiger partial charge in [0.25, 0.3) is 5.91 Å². The Morgan fingerprint density at radius 3 is 2.73 bits per heavy atom. The lowest BCUT2D eigenvalue weighted by molar-refractivity contribution is -0.126. The van der Waals surface area contributed by atoms with Crippen molar-refractivity contribution in [3.8, 4) is 0 Å². The second-order valence-electron chi connectivity index (χ2n) is 6.02. The summed E-state index contributed by atoms with van der Waals surface area (Å²) in [5.41, 5.74) is 1.70. The molecule has 1 aliphatic heterocycles. The monoisotopic (exact) mass is 304 g/mol. The number of carbonyl (C=O) groups is 2. The van der Waals surface area contributed by atoms with Crippen molar-refractivity contribution in [3.63, 3.8) is 0 Å². The van der Waals surface area contributed by atoms with Crippen LogP contribution in [0, 0.1) is 5.92 Å². The van der Waals surface area contributed by atoms with Crippen LogP contribution in [0.1, 0.15) is 36.2 Å². The lowest BCUT2D eigenvalue weighted by Crippen LogP contribution is -2.48. The number of methoxy groups -OCH3 is 1. The quantitative estimate of drug-likeness (QED) is 0.782. The van der Waals surface area contributed by atoms with Gasteiger partial charge in [-0.3, -0.25) is 9.59 Å². The van der Waals surface area contributed by atoms with Crippen LogP contribution in [0.2, 0.25) is 0 Å². The normalized spacial score (nSPS) is 15.1. The molecule has 1 atom stereocenters. The summed E-state index contributed by atoms with van der Waals surface area (Å²) in [6.45, 7) is 5.55. The van der Waals surface area contributed by atoms with E-state index in [1.165, 1.54) is 0 Å². The van der Waals surface area contributed by atoms with Crippen molar-refractivity contribution in [2.24, 2.45) is 5.92 Å². The van der Waals surface area contributed by atoms with Gasteiger partial charge < -0.3 is 15.0 Å². The molecular weight excluding hydrogens is 280 g/mol. The fraction of sp³-hybridized carbons (Fsp3) is 0.529. The van der Waals surface area contributed by atoms with Gasteiger partial charge in [0.2, 0.25) is 5.91 Å². The number of rotatable bonds is 7. The second kappa shape index (κ2) is 7.40. The molecule has 5 heteroatoms. The maximum atomic E-state index is 12.6. The number of hydrogen-bond acceptors (Lipinski definition) is 3. The summed E-state index contributed by atoms with van der Waals surface area (Å²) < 4.78 is 4.96. The Morgan fingerprint density at radius 1 is 1.36 bits per heavy atom. The molecule has 0 saturated heterocycles. The van der Waals surface area contributed by atoms with Gasteiger partial charge in [-0.05, 0) is 24.0 Å². The van der Waals surface area contributed by atoms with Crippen molar-refractivity contribution in [2.45, 2.75) is 32.9 Å². The highest BCUT2D eigenvalue weighted by Gasteiger charge is 2.36. The maximum absolute atomic E-state index is 12.6. The third-order valence-electron chi connectivity index (χ3n) is 3.83. The molecule has 1 aromatic rings. The molecule has 1 N–H and O–H groups in total. The first-order valence-corrected chi connectivity index (χ1v) is 7.70. The molecule has 0 saturated carbocycles. The zero-order valence-electron chi connectivity index (χ0n) is 13.5. The predicted molar refractivity (Wildman–Crippen MR) is 84.4 cm³/mol. The first kappa shape index (κ1) is 16.5. The zero-order chi connectivity index (χ0) is 16.1. The summed E-state index contributed by atoms with van der Waals surface area (Å²) in [4.78, 5) is 26.7. The van der Waals surface area contributed by atoms with Gasteiger partial charge in [0.15, 0.2) is 0 Å². The maximum Gasteiger partial charge on any atom is 0.255 e. The van der Waals surface area contributed by atoms with Crippen molar-refractivity contribution in [1.29, 1.82) is 0 Å². The van der Waals surface area contributed by atoms with E-state index in [1.807, 2.05) is 24.3 Å². The van der Waals surface area contributed by atoms with Crippen molar-refractivity contribution >= 4 is 11.8 Å². The lowest BCUT2D eigenvalue weighted by atomic mass is 10.0. The van der Waals surface area contributed by atoms with Gasteiger partial charge in [0.1, 0.15) is 6.04 Å². The fourth-order valence-electron chi connectivity index (χ4n) is 2.75. The Bertz CT molecular complexity index is 542. The van der Waals surface area contributed by atoms with Gasteiger partial charge >= 0.3 is 0 Å². The molecule has 5 nitrogen and oxygen atoms in total. The van der Waals surface area contributed by atoms with Crippen LogP contribution in [0.25, 0.3) is 0 Å². The topological polar surface area (TPSA) is 58.6 Å². The van der Waals surface area contributed by atoms with E-state index in [2.05, 4.69) is 19.2 Å². The van der Waals surface area contributed by atoms with Crippen LogP contribution in [0.5, 0.6) is 0 Å². The Labute approximate surface area is 131 Å². The highest BCUT2D eigenvalue weighted by Crippen LogP contribution is 2.26. The average Bonchev–Trinajstić information content (AvgIpc) is 2.82. The summed E-state index contributed by atoms with van der Waals surface area (Å²) in [5, 5.41) is 2.86. The molecule has 0 radical (unpaired) electrons. The van der Waals surface area contributed by atoms with Gasteiger partial charge in [0.05, 0.1) is 6.61 Å². The summed E-state index contributed by atoms with van der Waals surface area (Å²) in [6.07, 6.45) is 0.651. The van der Waals surface area contributed by atoms with Gasteiger partial charge in [-0.1, -0.05) is 32.0 Å². The molecule has 1 aromatic carbocycles. The van der Waals surface area contributed by atoms with E-state index >= 15 is 0 Å². The highest BCUT2D eigenvalue weighted by atomic mass is 16.5. The van der Waals surface area contributed by atoms with Gasteiger partial charge in [-0.25, -0.2) is 0 Å². The average molecular weight is 304 g/mol. The minimum Gasteiger partial charge on any atom is -0.383 e. The molecule has 0 fully saturated rings. The number of ether oxygens (including phenoxy) is 1. The van der Waals surface area contributed by atoms with Crippen molar-refractivity contribution < 1.29 is 14.3 Å². The SMILES string of the molecule is COCCNC(=O)C(CC(C)C)N1Cc2ccccc2C1=O. The summed E-state index contributed by atoms with van der Waals surface area (Å²) in [5.74, 6) is 0.171. The molecule has 2 amide bonds. The highest BCUT2D eigenvalue weighted by molar-refractivity contribution is 6.01. The van der Waals surface area contributed by atoms with Gasteiger partial charge in [-0.15, -0.1) is 0 Å². The summed E-state index contributed by atoms with van der Waals surface area (Å²) in [7, 11) is 1.60. The Morgan fingerprint density at radius 2 is 2.09 bits per heavy atom. The first-order chi connectivity index (χ1) is 10.5. The molecule has 1 aliphatic rings. The largest absolute Gasteiger partial charge is 0.383 e. The second-order valence-corrected chi connectivity index (χ2v) is 6.02. The fourth-order valence-corrected chi connectivity index (χ4v) is 2.75. The lowest BCUT2D eigenvalue weighted by Gasteiger charge is -2.28. The number of benzene rings is 1. The van der Waals surface area contributed by atoms with Gasteiger partial charge in [0, 0.05) is 25.8 Å². The van der Waals surface area contributed by atoms with Crippen LogP contribution < -0.4 is 5.32 Å². The molecule has 0 spiro atoms. The van der Waals surface area contributed by atoms with Crippen molar-refractivity contribution in [3.05, 3.63) is 35.4 Å². The number of nitrogens with zero attached hydrogens (tertiary/aromatic N) is 1. The van der Waals surface area contributed by atoms with Crippen LogP contribution >= 0.6 is 0 Å². The van der Waals surface area contributed by atoms with E-state index < -0.39 is 6.04 Å². The molecular formula is C17H24N2O3. The number of fused-ring (bicyclic) bond motifs is 1. The molecule has 22 heavy (non-hydrogen) atoms. The zero-order valence-corrected chi connectivity index (χ0v) is 13.5. The van der Waals surface area contributed by atoms with E-state index in [0.717, 1.165) is 5.56 Å². The summed E-state index contributed by atoms with van der Waals surface area (Å²) in [6, 6.07) is 7.12. The third-order valence-corrected chi connectivity index (χ3v) is 3.83. The Hall–Kier alpha value is -1.88. The van der Waals surface area contributed by atoms with Gasteiger partial charge in [-0.2, -0.15) is 0 Å². The third kappa shape index (κ3) is 3.65. The number of carbonyl (C=O) groups excluding carboxylic acids is 2. The van der Waals surface area contributed by atoms with E-state index in [1.54, 1.807) is 12.0 Å². The molecule has 0 bridgehead atoms. The molecule has 1 unspecified atom stereocenters. The van der Waals surface area contributed by atoms with E-state index in [4.69, 9.17) is 4.74 Å². The standard InChI is InChI=1S/C17H24N2O3/c1-12(2)10-15(16(20)18-8-9-22-3)19-11-13-6-4-5-7-14(13)17(19)21/h4-7,12,15H,8-11H2,1-3H3,(H,18,20). The molecule has 0 aliphatic carbocycles. The van der Waals surface area contributed by atoms with Crippen LogP contribution in [0.4, 0.5) is 0 Å². The van der Waals surface area contributed by atoms with E-state index in [-0.39, 0.29) is 11.8 Å². The van der Waals surface area contributed by atoms with E-state index in [9.17, 15) is 9.59 Å².